The lowest BCUT2D eigenvalue weighted by Crippen LogP contribution is -2.30. The highest BCUT2D eigenvalue weighted by molar-refractivity contribution is 9.10. The van der Waals surface area contributed by atoms with Crippen molar-refractivity contribution in [3.63, 3.8) is 0 Å². The van der Waals surface area contributed by atoms with Crippen LogP contribution < -0.4 is 4.74 Å². The van der Waals surface area contributed by atoms with Gasteiger partial charge in [0.1, 0.15) is 11.9 Å². The quantitative estimate of drug-likeness (QED) is 0.614. The Bertz CT molecular complexity index is 392. The van der Waals surface area contributed by atoms with Crippen molar-refractivity contribution in [1.82, 2.24) is 0 Å². The van der Waals surface area contributed by atoms with Crippen molar-refractivity contribution < 1.29 is 4.74 Å². The van der Waals surface area contributed by atoms with Crippen LogP contribution in [0.15, 0.2) is 22.7 Å². The van der Waals surface area contributed by atoms with E-state index in [0.717, 1.165) is 21.5 Å². The standard InChI is InChI=1S/C15H20Br2O/c1-2-11-5-3-4-6-14(11)18-15-8-7-13(17)9-12(15)10-16/h7-9,11,14H,2-6,10H2,1H3. The number of ether oxygens (including phenoxy) is 1. The first-order valence-electron chi connectivity index (χ1n) is 6.75. The lowest BCUT2D eigenvalue weighted by Gasteiger charge is -2.31. The van der Waals surface area contributed by atoms with Gasteiger partial charge in [0.05, 0.1) is 0 Å². The van der Waals surface area contributed by atoms with Crippen LogP contribution in [0.3, 0.4) is 0 Å². The normalized spacial score (nSPS) is 23.9. The molecule has 2 rings (SSSR count). The molecule has 1 fully saturated rings. The molecule has 0 heterocycles. The average molecular weight is 376 g/mol. The molecule has 0 aromatic heterocycles. The Morgan fingerprint density at radius 3 is 2.78 bits per heavy atom. The molecule has 1 aliphatic rings. The first-order chi connectivity index (χ1) is 8.74. The smallest absolute Gasteiger partial charge is 0.123 e. The molecule has 3 heteroatoms. The Morgan fingerprint density at radius 1 is 1.28 bits per heavy atom. The first kappa shape index (κ1) is 14.4. The third-order valence-electron chi connectivity index (χ3n) is 3.81. The minimum absolute atomic E-state index is 0.405. The molecule has 0 spiro atoms. The van der Waals surface area contributed by atoms with E-state index in [1.165, 1.54) is 37.7 Å². The summed E-state index contributed by atoms with van der Waals surface area (Å²) in [4.78, 5) is 0. The van der Waals surface area contributed by atoms with Gasteiger partial charge in [-0.25, -0.2) is 0 Å². The minimum Gasteiger partial charge on any atom is -0.490 e. The second kappa shape index (κ2) is 6.95. The lowest BCUT2D eigenvalue weighted by atomic mass is 9.84. The third-order valence-corrected chi connectivity index (χ3v) is 4.91. The van der Waals surface area contributed by atoms with E-state index in [9.17, 15) is 0 Å². The van der Waals surface area contributed by atoms with Crippen LogP contribution in [0.5, 0.6) is 5.75 Å². The molecule has 2 unspecified atom stereocenters. The monoisotopic (exact) mass is 374 g/mol. The van der Waals surface area contributed by atoms with Gasteiger partial charge < -0.3 is 4.74 Å². The maximum absolute atomic E-state index is 6.28. The molecular formula is C15H20Br2O. The van der Waals surface area contributed by atoms with E-state index in [4.69, 9.17) is 4.74 Å². The van der Waals surface area contributed by atoms with Crippen molar-refractivity contribution in [2.24, 2.45) is 5.92 Å². The second-order valence-electron chi connectivity index (χ2n) is 4.99. The fourth-order valence-corrected chi connectivity index (χ4v) is 3.57. The number of hydrogen-bond donors (Lipinski definition) is 0. The Labute approximate surface area is 127 Å². The Kier molecular flexibility index (Phi) is 5.56. The number of benzene rings is 1. The highest BCUT2D eigenvalue weighted by atomic mass is 79.9. The van der Waals surface area contributed by atoms with Crippen LogP contribution in [-0.4, -0.2) is 6.10 Å². The molecule has 0 amide bonds. The third kappa shape index (κ3) is 3.51. The number of hydrogen-bond acceptors (Lipinski definition) is 1. The lowest BCUT2D eigenvalue weighted by molar-refractivity contribution is 0.0896. The maximum Gasteiger partial charge on any atom is 0.123 e. The zero-order valence-electron chi connectivity index (χ0n) is 10.8. The van der Waals surface area contributed by atoms with Gasteiger partial charge >= 0.3 is 0 Å². The van der Waals surface area contributed by atoms with Crippen molar-refractivity contribution in [1.29, 1.82) is 0 Å². The van der Waals surface area contributed by atoms with Crippen LogP contribution in [0.4, 0.5) is 0 Å². The van der Waals surface area contributed by atoms with E-state index in [1.54, 1.807) is 0 Å². The zero-order valence-corrected chi connectivity index (χ0v) is 14.0. The fourth-order valence-electron chi connectivity index (χ4n) is 2.73. The Hall–Kier alpha value is -0.0200. The molecule has 0 N–H and O–H groups in total. The molecule has 1 nitrogen and oxygen atoms in total. The molecule has 1 saturated carbocycles. The van der Waals surface area contributed by atoms with E-state index in [0.29, 0.717) is 6.10 Å². The second-order valence-corrected chi connectivity index (χ2v) is 6.47. The summed E-state index contributed by atoms with van der Waals surface area (Å²) in [6.45, 7) is 2.28. The summed E-state index contributed by atoms with van der Waals surface area (Å²) in [6, 6.07) is 6.28. The van der Waals surface area contributed by atoms with Gasteiger partial charge in [0.15, 0.2) is 0 Å². The fraction of sp³-hybridized carbons (Fsp3) is 0.600. The van der Waals surface area contributed by atoms with Gasteiger partial charge in [0.25, 0.3) is 0 Å². The van der Waals surface area contributed by atoms with E-state index in [2.05, 4.69) is 57.0 Å². The molecule has 1 aromatic rings. The van der Waals surface area contributed by atoms with Gasteiger partial charge in [0.2, 0.25) is 0 Å². The predicted octanol–water partition coefficient (Wildman–Crippen LogP) is 5.69. The van der Waals surface area contributed by atoms with E-state index in [1.807, 2.05) is 0 Å². The van der Waals surface area contributed by atoms with E-state index >= 15 is 0 Å². The number of halogens is 2. The topological polar surface area (TPSA) is 9.23 Å². The molecule has 2 atom stereocenters. The molecule has 0 radical (unpaired) electrons. The van der Waals surface area contributed by atoms with Crippen molar-refractivity contribution in [2.45, 2.75) is 50.5 Å². The zero-order chi connectivity index (χ0) is 13.0. The molecule has 1 aliphatic carbocycles. The van der Waals surface area contributed by atoms with Crippen molar-refractivity contribution in [2.75, 3.05) is 0 Å². The molecule has 0 bridgehead atoms. The van der Waals surface area contributed by atoms with Crippen LogP contribution in [0.2, 0.25) is 0 Å². The molecule has 0 aliphatic heterocycles. The average Bonchev–Trinajstić information content (AvgIpc) is 2.41. The van der Waals surface area contributed by atoms with Crippen LogP contribution in [-0.2, 0) is 5.33 Å². The summed E-state index contributed by atoms with van der Waals surface area (Å²) in [7, 11) is 0. The van der Waals surface area contributed by atoms with Crippen molar-refractivity contribution >= 4 is 31.9 Å². The summed E-state index contributed by atoms with van der Waals surface area (Å²) in [5.74, 6) is 1.77. The molecular weight excluding hydrogens is 356 g/mol. The summed E-state index contributed by atoms with van der Waals surface area (Å²) >= 11 is 7.05. The summed E-state index contributed by atoms with van der Waals surface area (Å²) in [6.07, 6.45) is 6.83. The Morgan fingerprint density at radius 2 is 2.06 bits per heavy atom. The van der Waals surface area contributed by atoms with Crippen LogP contribution in [0.1, 0.15) is 44.6 Å². The molecule has 18 heavy (non-hydrogen) atoms. The first-order valence-corrected chi connectivity index (χ1v) is 8.67. The van der Waals surface area contributed by atoms with Gasteiger partial charge in [-0.1, -0.05) is 45.2 Å². The van der Waals surface area contributed by atoms with Crippen LogP contribution >= 0.6 is 31.9 Å². The SMILES string of the molecule is CCC1CCCCC1Oc1ccc(Br)cc1CBr. The van der Waals surface area contributed by atoms with Gasteiger partial charge in [-0.2, -0.15) is 0 Å². The number of alkyl halides is 1. The van der Waals surface area contributed by atoms with Crippen molar-refractivity contribution in [3.8, 4) is 5.75 Å². The molecule has 0 saturated heterocycles. The highest BCUT2D eigenvalue weighted by Crippen LogP contribution is 2.33. The highest BCUT2D eigenvalue weighted by Gasteiger charge is 2.25. The van der Waals surface area contributed by atoms with Crippen molar-refractivity contribution in [3.05, 3.63) is 28.2 Å². The van der Waals surface area contributed by atoms with E-state index < -0.39 is 0 Å². The van der Waals surface area contributed by atoms with Crippen LogP contribution in [0.25, 0.3) is 0 Å². The molecule has 1 aromatic carbocycles. The summed E-state index contributed by atoms with van der Waals surface area (Å²) in [5.41, 5.74) is 1.23. The van der Waals surface area contributed by atoms with Gasteiger partial charge in [-0.3, -0.25) is 0 Å². The minimum atomic E-state index is 0.405. The Balaban J connectivity index is 2.12. The van der Waals surface area contributed by atoms with Gasteiger partial charge in [-0.15, -0.1) is 0 Å². The van der Waals surface area contributed by atoms with Gasteiger partial charge in [-0.05, 0) is 49.8 Å². The maximum atomic E-state index is 6.28. The van der Waals surface area contributed by atoms with Gasteiger partial charge in [0, 0.05) is 15.4 Å². The predicted molar refractivity (Wildman–Crippen MR) is 83.4 cm³/mol. The number of rotatable bonds is 4. The molecule has 100 valence electrons. The van der Waals surface area contributed by atoms with E-state index in [-0.39, 0.29) is 0 Å². The van der Waals surface area contributed by atoms with Crippen LogP contribution in [0, 0.1) is 5.92 Å². The summed E-state index contributed by atoms with van der Waals surface area (Å²) < 4.78 is 7.40. The largest absolute Gasteiger partial charge is 0.490 e. The summed E-state index contributed by atoms with van der Waals surface area (Å²) in [5, 5.41) is 0.839.